The molecule has 36 heavy (non-hydrogen) atoms. The average Bonchev–Trinajstić information content (AvgIpc) is 3.31. The van der Waals surface area contributed by atoms with E-state index < -0.39 is 21.2 Å². The number of rotatable bonds is 6. The number of pyridine rings is 1. The minimum absolute atomic E-state index is 0.0302. The van der Waals surface area contributed by atoms with Crippen molar-refractivity contribution in [2.24, 2.45) is 5.92 Å². The second-order valence-electron chi connectivity index (χ2n) is 9.17. The van der Waals surface area contributed by atoms with Crippen molar-refractivity contribution in [3.05, 3.63) is 23.5 Å². The van der Waals surface area contributed by atoms with Crippen LogP contribution >= 0.6 is 11.3 Å². The number of carbonyl (C=O) groups is 1. The minimum Gasteiger partial charge on any atom is -0.366 e. The molecular formula is C21H24F3N7O3S2. The fourth-order valence-corrected chi connectivity index (χ4v) is 6.09. The molecule has 1 N–H and O–H groups in total. The highest BCUT2D eigenvalue weighted by Crippen LogP contribution is 2.36. The molecule has 15 heteroatoms. The quantitative estimate of drug-likeness (QED) is 0.509. The molecule has 4 heterocycles. The number of hydrogen-bond acceptors (Lipinski definition) is 8. The van der Waals surface area contributed by atoms with Gasteiger partial charge in [0.05, 0.1) is 17.4 Å². The van der Waals surface area contributed by atoms with E-state index in [1.807, 2.05) is 18.7 Å². The van der Waals surface area contributed by atoms with Crippen LogP contribution in [0.25, 0.3) is 16.3 Å². The third-order valence-electron chi connectivity index (χ3n) is 6.09. The second-order valence-corrected chi connectivity index (χ2v) is 11.9. The first-order valence-electron chi connectivity index (χ1n) is 11.4. The van der Waals surface area contributed by atoms with Crippen molar-refractivity contribution < 1.29 is 26.4 Å². The highest BCUT2D eigenvalue weighted by atomic mass is 32.2. The Morgan fingerprint density at radius 2 is 1.86 bits per heavy atom. The number of sulfonamides is 1. The highest BCUT2D eigenvalue weighted by Gasteiger charge is 2.36. The summed E-state index contributed by atoms with van der Waals surface area (Å²) in [5, 5.41) is 5.70. The lowest BCUT2D eigenvalue weighted by Gasteiger charge is -2.37. The molecule has 1 saturated heterocycles. The van der Waals surface area contributed by atoms with Crippen molar-refractivity contribution >= 4 is 38.5 Å². The molecule has 194 valence electrons. The normalized spacial score (nSPS) is 17.4. The molecule has 10 nitrogen and oxygen atoms in total. The second kappa shape index (κ2) is 8.95. The predicted octanol–water partition coefficient (Wildman–Crippen LogP) is 2.62. The van der Waals surface area contributed by atoms with Gasteiger partial charge in [0, 0.05) is 44.3 Å². The summed E-state index contributed by atoms with van der Waals surface area (Å²) in [6, 6.07) is 1.42. The maximum atomic E-state index is 13.1. The summed E-state index contributed by atoms with van der Waals surface area (Å²) in [5.74, 6) is -0.0133. The largest absolute Gasteiger partial charge is 0.445 e. The number of piperazine rings is 1. The Balaban J connectivity index is 1.56. The SMILES string of the molecule is CC(C)C(=O)N1CCN(c2cc(S(=O)(=O)NC3CC3)cn3c(-c4nnc(C(F)(F)F)s4)ncc23)CC1. The Hall–Kier alpha value is -2.78. The van der Waals surface area contributed by atoms with Gasteiger partial charge in [-0.3, -0.25) is 9.20 Å². The number of fused-ring (bicyclic) bond motifs is 1. The smallest absolute Gasteiger partial charge is 0.366 e. The maximum absolute atomic E-state index is 13.1. The molecule has 2 fully saturated rings. The number of hydrogen-bond donors (Lipinski definition) is 1. The lowest BCUT2D eigenvalue weighted by Crippen LogP contribution is -2.50. The number of halogens is 3. The van der Waals surface area contributed by atoms with Crippen LogP contribution in [0.5, 0.6) is 0 Å². The summed E-state index contributed by atoms with van der Waals surface area (Å²) in [7, 11) is -3.88. The molecule has 3 aromatic rings. The van der Waals surface area contributed by atoms with E-state index in [9.17, 15) is 26.4 Å². The number of imidazole rings is 1. The molecule has 0 aromatic carbocycles. The van der Waals surface area contributed by atoms with Crippen molar-refractivity contribution in [2.75, 3.05) is 31.1 Å². The van der Waals surface area contributed by atoms with Gasteiger partial charge in [0.2, 0.25) is 20.9 Å². The number of nitrogens with one attached hydrogen (secondary N) is 1. The summed E-state index contributed by atoms with van der Waals surface area (Å²) in [6.45, 7) is 5.53. The van der Waals surface area contributed by atoms with E-state index in [2.05, 4.69) is 19.9 Å². The fraction of sp³-hybridized carbons (Fsp3) is 0.524. The topological polar surface area (TPSA) is 113 Å². The first kappa shape index (κ1) is 24.9. The summed E-state index contributed by atoms with van der Waals surface area (Å²) in [5.41, 5.74) is 1.08. The van der Waals surface area contributed by atoms with Crippen LogP contribution in [0.1, 0.15) is 31.7 Å². The van der Waals surface area contributed by atoms with Gasteiger partial charge in [-0.15, -0.1) is 10.2 Å². The van der Waals surface area contributed by atoms with Crippen LogP contribution in [0.2, 0.25) is 0 Å². The molecule has 0 atom stereocenters. The van der Waals surface area contributed by atoms with Gasteiger partial charge in [-0.2, -0.15) is 13.2 Å². The van der Waals surface area contributed by atoms with Crippen LogP contribution in [-0.2, 0) is 21.0 Å². The van der Waals surface area contributed by atoms with Gasteiger partial charge in [-0.25, -0.2) is 18.1 Å². The van der Waals surface area contributed by atoms with E-state index in [-0.39, 0.29) is 33.6 Å². The lowest BCUT2D eigenvalue weighted by molar-refractivity contribution is -0.138. The van der Waals surface area contributed by atoms with E-state index in [4.69, 9.17) is 0 Å². The van der Waals surface area contributed by atoms with Gasteiger partial charge in [0.1, 0.15) is 4.90 Å². The standard InChI is InChI=1S/C21H24F3N7O3S2/c1-12(2)19(32)30-7-5-29(6-8-30)15-9-14(36(33,34)28-13-3-4-13)11-31-16(15)10-25-17(31)18-26-27-20(35-18)21(22,23)24/h9-13,28H,3-8H2,1-2H3. The van der Waals surface area contributed by atoms with Crippen LogP contribution in [0.4, 0.5) is 18.9 Å². The van der Waals surface area contributed by atoms with Gasteiger partial charge in [-0.05, 0) is 18.9 Å². The molecule has 1 aliphatic heterocycles. The first-order chi connectivity index (χ1) is 16.9. The Morgan fingerprint density at radius 3 is 2.44 bits per heavy atom. The number of aromatic nitrogens is 4. The van der Waals surface area contributed by atoms with Crippen LogP contribution in [0.3, 0.4) is 0 Å². The zero-order valence-corrected chi connectivity index (χ0v) is 21.1. The molecule has 3 aromatic heterocycles. The van der Waals surface area contributed by atoms with E-state index in [1.54, 1.807) is 11.0 Å². The monoisotopic (exact) mass is 543 g/mol. The third-order valence-corrected chi connectivity index (χ3v) is 8.54. The number of anilines is 1. The molecule has 2 aliphatic rings. The Labute approximate surface area is 209 Å². The number of nitrogens with zero attached hydrogens (tertiary/aromatic N) is 6. The van der Waals surface area contributed by atoms with Gasteiger partial charge in [0.25, 0.3) is 0 Å². The van der Waals surface area contributed by atoms with Crippen LogP contribution in [0.15, 0.2) is 23.4 Å². The number of carbonyl (C=O) groups excluding carboxylic acids is 1. The summed E-state index contributed by atoms with van der Waals surface area (Å²) in [6.07, 6.45) is -0.318. The van der Waals surface area contributed by atoms with Gasteiger partial charge < -0.3 is 9.80 Å². The zero-order valence-electron chi connectivity index (χ0n) is 19.5. The molecule has 0 radical (unpaired) electrons. The maximum Gasteiger partial charge on any atom is 0.445 e. The molecule has 0 bridgehead atoms. The third kappa shape index (κ3) is 4.78. The number of amides is 1. The molecule has 0 unspecified atom stereocenters. The number of alkyl halides is 3. The van der Waals surface area contributed by atoms with Crippen LogP contribution in [-0.4, -0.2) is 71.0 Å². The van der Waals surface area contributed by atoms with Crippen molar-refractivity contribution in [3.8, 4) is 10.8 Å². The van der Waals surface area contributed by atoms with Crippen molar-refractivity contribution in [1.29, 1.82) is 0 Å². The van der Waals surface area contributed by atoms with Gasteiger partial charge >= 0.3 is 6.18 Å². The van der Waals surface area contributed by atoms with Gasteiger partial charge in [0.15, 0.2) is 10.8 Å². The van der Waals surface area contributed by atoms with Gasteiger partial charge in [-0.1, -0.05) is 25.2 Å². The van der Waals surface area contributed by atoms with Crippen LogP contribution in [0, 0.1) is 5.92 Å². The van der Waals surface area contributed by atoms with Crippen LogP contribution < -0.4 is 9.62 Å². The molecule has 1 amide bonds. The molecule has 1 aliphatic carbocycles. The predicted molar refractivity (Wildman–Crippen MR) is 126 cm³/mol. The highest BCUT2D eigenvalue weighted by molar-refractivity contribution is 7.89. The summed E-state index contributed by atoms with van der Waals surface area (Å²) >= 11 is 0.341. The summed E-state index contributed by atoms with van der Waals surface area (Å²) in [4.78, 5) is 20.4. The average molecular weight is 544 g/mol. The minimum atomic E-state index is -4.65. The fourth-order valence-electron chi connectivity index (χ4n) is 4.06. The summed E-state index contributed by atoms with van der Waals surface area (Å²) < 4.78 is 69.6. The lowest BCUT2D eigenvalue weighted by atomic mass is 10.1. The first-order valence-corrected chi connectivity index (χ1v) is 13.7. The molecule has 1 saturated carbocycles. The molecule has 0 spiro atoms. The van der Waals surface area contributed by atoms with E-state index in [0.29, 0.717) is 48.7 Å². The van der Waals surface area contributed by atoms with E-state index in [0.717, 1.165) is 12.8 Å². The molecule has 5 rings (SSSR count). The van der Waals surface area contributed by atoms with Crippen molar-refractivity contribution in [2.45, 2.75) is 43.8 Å². The van der Waals surface area contributed by atoms with E-state index in [1.165, 1.54) is 16.8 Å². The van der Waals surface area contributed by atoms with Crippen molar-refractivity contribution in [3.63, 3.8) is 0 Å². The molecular weight excluding hydrogens is 519 g/mol. The van der Waals surface area contributed by atoms with E-state index >= 15 is 0 Å². The zero-order chi connectivity index (χ0) is 25.8. The van der Waals surface area contributed by atoms with Crippen molar-refractivity contribution in [1.82, 2.24) is 29.2 Å². The Bertz CT molecular complexity index is 1410. The Morgan fingerprint density at radius 1 is 1.17 bits per heavy atom. The Kier molecular flexibility index (Phi) is 6.19.